The Hall–Kier alpha value is -1.18. The highest BCUT2D eigenvalue weighted by Crippen LogP contribution is 2.31. The molecule has 2 rings (SSSR count). The SMILES string of the molecule is CC(C)Cc1nn(-c2ccncn2)c(Cl)c1S(=O)(=O)Cl. The molecule has 0 N–H and O–H groups in total. The van der Waals surface area contributed by atoms with E-state index in [2.05, 4.69) is 15.1 Å². The molecular formula is C11H12Cl2N4O2S. The summed E-state index contributed by atoms with van der Waals surface area (Å²) in [7, 11) is 1.47. The van der Waals surface area contributed by atoms with Gasteiger partial charge in [0.25, 0.3) is 9.05 Å². The minimum Gasteiger partial charge on any atom is -0.245 e. The van der Waals surface area contributed by atoms with Crippen LogP contribution in [-0.2, 0) is 15.5 Å². The van der Waals surface area contributed by atoms with Crippen molar-refractivity contribution in [1.82, 2.24) is 19.7 Å². The van der Waals surface area contributed by atoms with E-state index in [0.29, 0.717) is 17.9 Å². The molecule has 0 saturated carbocycles. The second-order valence-electron chi connectivity index (χ2n) is 4.58. The van der Waals surface area contributed by atoms with Crippen molar-refractivity contribution in [2.45, 2.75) is 25.2 Å². The normalized spacial score (nSPS) is 12.1. The van der Waals surface area contributed by atoms with Gasteiger partial charge in [0.15, 0.2) is 11.0 Å². The van der Waals surface area contributed by atoms with Gasteiger partial charge in [-0.2, -0.15) is 5.10 Å². The average Bonchev–Trinajstić information content (AvgIpc) is 2.66. The number of hydrogen-bond donors (Lipinski definition) is 0. The fraction of sp³-hybridized carbons (Fsp3) is 0.364. The van der Waals surface area contributed by atoms with Crippen molar-refractivity contribution in [2.24, 2.45) is 5.92 Å². The number of aromatic nitrogens is 4. The van der Waals surface area contributed by atoms with Gasteiger partial charge in [0, 0.05) is 22.9 Å². The van der Waals surface area contributed by atoms with Crippen LogP contribution >= 0.6 is 22.3 Å². The van der Waals surface area contributed by atoms with Gasteiger partial charge in [-0.05, 0) is 12.3 Å². The van der Waals surface area contributed by atoms with Crippen molar-refractivity contribution < 1.29 is 8.42 Å². The highest BCUT2D eigenvalue weighted by molar-refractivity contribution is 8.13. The molecule has 9 heteroatoms. The van der Waals surface area contributed by atoms with Gasteiger partial charge in [-0.3, -0.25) is 0 Å². The van der Waals surface area contributed by atoms with Crippen molar-refractivity contribution in [3.63, 3.8) is 0 Å². The smallest absolute Gasteiger partial charge is 0.245 e. The van der Waals surface area contributed by atoms with Crippen molar-refractivity contribution in [3.05, 3.63) is 29.4 Å². The summed E-state index contributed by atoms with van der Waals surface area (Å²) in [6.07, 6.45) is 3.28. The van der Waals surface area contributed by atoms with Crippen LogP contribution in [0.5, 0.6) is 0 Å². The monoisotopic (exact) mass is 334 g/mol. The zero-order valence-corrected chi connectivity index (χ0v) is 13.1. The maximum Gasteiger partial charge on any atom is 0.266 e. The van der Waals surface area contributed by atoms with Crippen molar-refractivity contribution in [3.8, 4) is 5.82 Å². The second kappa shape index (κ2) is 5.67. The van der Waals surface area contributed by atoms with E-state index in [4.69, 9.17) is 22.3 Å². The molecule has 2 aromatic rings. The minimum atomic E-state index is -3.98. The minimum absolute atomic E-state index is 0.0747. The standard InChI is InChI=1S/C11H12Cl2N4O2S/c1-7(2)5-8-10(20(13,18)19)11(12)17(16-8)9-3-4-14-6-15-9/h3-4,6-7H,5H2,1-2H3. The fourth-order valence-electron chi connectivity index (χ4n) is 1.75. The van der Waals surface area contributed by atoms with Crippen molar-refractivity contribution in [2.75, 3.05) is 0 Å². The Labute approximate surface area is 126 Å². The molecular weight excluding hydrogens is 323 g/mol. The summed E-state index contributed by atoms with van der Waals surface area (Å²) in [5.41, 5.74) is 0.332. The summed E-state index contributed by atoms with van der Waals surface area (Å²) in [5, 5.41) is 4.14. The molecule has 0 unspecified atom stereocenters. The van der Waals surface area contributed by atoms with Crippen LogP contribution in [0.3, 0.4) is 0 Å². The van der Waals surface area contributed by atoms with E-state index in [9.17, 15) is 8.42 Å². The first-order chi connectivity index (χ1) is 9.30. The first-order valence-corrected chi connectivity index (χ1v) is 8.48. The summed E-state index contributed by atoms with van der Waals surface area (Å²) in [6.45, 7) is 3.89. The number of halogens is 2. The lowest BCUT2D eigenvalue weighted by Gasteiger charge is -2.02. The van der Waals surface area contributed by atoms with E-state index in [1.165, 1.54) is 17.2 Å². The number of hydrogen-bond acceptors (Lipinski definition) is 5. The molecule has 0 radical (unpaired) electrons. The van der Waals surface area contributed by atoms with Crippen molar-refractivity contribution in [1.29, 1.82) is 0 Å². The lowest BCUT2D eigenvalue weighted by atomic mass is 10.1. The van der Waals surface area contributed by atoms with Crippen LogP contribution in [0, 0.1) is 5.92 Å². The van der Waals surface area contributed by atoms with E-state index in [0.717, 1.165) is 0 Å². The summed E-state index contributed by atoms with van der Waals surface area (Å²) < 4.78 is 24.6. The van der Waals surface area contributed by atoms with E-state index in [1.807, 2.05) is 13.8 Å². The quantitative estimate of drug-likeness (QED) is 0.802. The molecule has 0 amide bonds. The van der Waals surface area contributed by atoms with Crippen LogP contribution in [-0.4, -0.2) is 28.2 Å². The Morgan fingerprint density at radius 3 is 2.60 bits per heavy atom. The fourth-order valence-corrected chi connectivity index (χ4v) is 3.58. The molecule has 108 valence electrons. The lowest BCUT2D eigenvalue weighted by molar-refractivity contribution is 0.600. The number of rotatable bonds is 4. The third-order valence-corrected chi connectivity index (χ3v) is 4.33. The zero-order chi connectivity index (χ0) is 14.9. The molecule has 0 aliphatic rings. The molecule has 0 aliphatic carbocycles. The Balaban J connectivity index is 2.65. The zero-order valence-electron chi connectivity index (χ0n) is 10.8. The summed E-state index contributed by atoms with van der Waals surface area (Å²) >= 11 is 6.11. The highest BCUT2D eigenvalue weighted by atomic mass is 35.7. The van der Waals surface area contributed by atoms with Gasteiger partial charge in [-0.25, -0.2) is 23.1 Å². The van der Waals surface area contributed by atoms with Crippen LogP contribution in [0.15, 0.2) is 23.5 Å². The van der Waals surface area contributed by atoms with Gasteiger partial charge in [0.05, 0.1) is 5.69 Å². The topological polar surface area (TPSA) is 77.7 Å². The first kappa shape index (κ1) is 15.2. The summed E-state index contributed by atoms with van der Waals surface area (Å²) in [4.78, 5) is 7.62. The third-order valence-electron chi connectivity index (χ3n) is 2.48. The average molecular weight is 335 g/mol. The predicted octanol–water partition coefficient (Wildman–Crippen LogP) is 2.44. The molecule has 0 fully saturated rings. The van der Waals surface area contributed by atoms with E-state index in [-0.39, 0.29) is 16.0 Å². The van der Waals surface area contributed by atoms with Gasteiger partial charge < -0.3 is 0 Å². The van der Waals surface area contributed by atoms with Gasteiger partial charge in [-0.15, -0.1) is 0 Å². The molecule has 6 nitrogen and oxygen atoms in total. The molecule has 0 spiro atoms. The highest BCUT2D eigenvalue weighted by Gasteiger charge is 2.27. The molecule has 0 aromatic carbocycles. The van der Waals surface area contributed by atoms with E-state index >= 15 is 0 Å². The Kier molecular flexibility index (Phi) is 4.31. The summed E-state index contributed by atoms with van der Waals surface area (Å²) in [5.74, 6) is 0.582. The van der Waals surface area contributed by atoms with Gasteiger partial charge in [0.1, 0.15) is 11.2 Å². The first-order valence-electron chi connectivity index (χ1n) is 5.79. The molecule has 2 aromatic heterocycles. The van der Waals surface area contributed by atoms with Crippen LogP contribution in [0.2, 0.25) is 5.15 Å². The maximum absolute atomic E-state index is 11.7. The van der Waals surface area contributed by atoms with Gasteiger partial charge in [-0.1, -0.05) is 25.4 Å². The van der Waals surface area contributed by atoms with Crippen LogP contribution < -0.4 is 0 Å². The van der Waals surface area contributed by atoms with Crippen LogP contribution in [0.1, 0.15) is 19.5 Å². The van der Waals surface area contributed by atoms with E-state index < -0.39 is 9.05 Å². The molecule has 0 aliphatic heterocycles. The van der Waals surface area contributed by atoms with Crippen LogP contribution in [0.4, 0.5) is 0 Å². The second-order valence-corrected chi connectivity index (χ2v) is 7.44. The summed E-state index contributed by atoms with van der Waals surface area (Å²) in [6, 6.07) is 1.57. The molecule has 2 heterocycles. The van der Waals surface area contributed by atoms with Gasteiger partial charge >= 0.3 is 0 Å². The molecule has 0 saturated heterocycles. The van der Waals surface area contributed by atoms with Gasteiger partial charge in [0.2, 0.25) is 0 Å². The molecule has 0 bridgehead atoms. The Morgan fingerprint density at radius 1 is 1.40 bits per heavy atom. The predicted molar refractivity (Wildman–Crippen MR) is 75.7 cm³/mol. The molecule has 20 heavy (non-hydrogen) atoms. The largest absolute Gasteiger partial charge is 0.266 e. The lowest BCUT2D eigenvalue weighted by Crippen LogP contribution is -2.02. The third kappa shape index (κ3) is 3.11. The van der Waals surface area contributed by atoms with Crippen LogP contribution in [0.25, 0.3) is 5.82 Å². The molecule has 0 atom stereocenters. The van der Waals surface area contributed by atoms with E-state index in [1.54, 1.807) is 6.07 Å². The maximum atomic E-state index is 11.7. The Morgan fingerprint density at radius 2 is 2.10 bits per heavy atom. The number of nitrogens with zero attached hydrogens (tertiary/aromatic N) is 4. The Bertz CT molecular complexity index is 714. The van der Waals surface area contributed by atoms with Crippen molar-refractivity contribution >= 4 is 31.3 Å².